The van der Waals surface area contributed by atoms with Gasteiger partial charge in [0.15, 0.2) is 11.5 Å². The van der Waals surface area contributed by atoms with Gasteiger partial charge in [0.25, 0.3) is 0 Å². The van der Waals surface area contributed by atoms with Crippen molar-refractivity contribution in [3.8, 4) is 17.2 Å². The number of benzene rings is 2. The summed E-state index contributed by atoms with van der Waals surface area (Å²) in [5, 5.41) is 13.9. The highest BCUT2D eigenvalue weighted by Gasteiger charge is 2.16. The number of phenols is 1. The van der Waals surface area contributed by atoms with E-state index in [4.69, 9.17) is 21.1 Å². The average Bonchev–Trinajstić information content (AvgIpc) is 2.84. The molecule has 0 spiro atoms. The van der Waals surface area contributed by atoms with Crippen molar-refractivity contribution in [3.05, 3.63) is 44.5 Å². The summed E-state index contributed by atoms with van der Waals surface area (Å²) in [7, 11) is 0. The van der Waals surface area contributed by atoms with Gasteiger partial charge in [-0.1, -0.05) is 11.6 Å². The van der Waals surface area contributed by atoms with Gasteiger partial charge in [-0.3, -0.25) is 0 Å². The van der Waals surface area contributed by atoms with Gasteiger partial charge in [0, 0.05) is 32.5 Å². The van der Waals surface area contributed by atoms with Crippen molar-refractivity contribution in [1.29, 1.82) is 0 Å². The third kappa shape index (κ3) is 2.73. The van der Waals surface area contributed by atoms with Crippen LogP contribution in [0.2, 0.25) is 5.02 Å². The Bertz CT molecular complexity index is 663. The lowest BCUT2D eigenvalue weighted by Crippen LogP contribution is -2.01. The van der Waals surface area contributed by atoms with Crippen LogP contribution < -0.4 is 14.8 Å². The van der Waals surface area contributed by atoms with Crippen LogP contribution >= 0.6 is 34.2 Å². The van der Waals surface area contributed by atoms with E-state index in [1.54, 1.807) is 12.1 Å². The molecule has 3 rings (SSSR count). The molecule has 0 unspecified atom stereocenters. The van der Waals surface area contributed by atoms with Gasteiger partial charge >= 0.3 is 0 Å². The largest absolute Gasteiger partial charge is 0.507 e. The smallest absolute Gasteiger partial charge is 0.231 e. The lowest BCUT2D eigenvalue weighted by molar-refractivity contribution is 0.174. The van der Waals surface area contributed by atoms with Crippen molar-refractivity contribution in [2.45, 2.75) is 6.54 Å². The zero-order valence-corrected chi connectivity index (χ0v) is 13.2. The second-order valence-corrected chi connectivity index (χ2v) is 5.91. The maximum atomic E-state index is 9.97. The number of hydrogen-bond donors (Lipinski definition) is 2. The maximum absolute atomic E-state index is 9.97. The number of hydrogen-bond acceptors (Lipinski definition) is 4. The van der Waals surface area contributed by atoms with Gasteiger partial charge in [0.2, 0.25) is 6.79 Å². The molecule has 6 heteroatoms. The molecule has 0 fully saturated rings. The lowest BCUT2D eigenvalue weighted by atomic mass is 10.1. The van der Waals surface area contributed by atoms with Crippen LogP contribution in [0, 0.1) is 3.57 Å². The van der Waals surface area contributed by atoms with Gasteiger partial charge in [-0.25, -0.2) is 0 Å². The van der Waals surface area contributed by atoms with Crippen molar-refractivity contribution in [2.75, 3.05) is 12.1 Å². The first-order chi connectivity index (χ1) is 9.63. The van der Waals surface area contributed by atoms with Crippen molar-refractivity contribution in [3.63, 3.8) is 0 Å². The number of phenolic OH excluding ortho intramolecular Hbond substituents is 1. The lowest BCUT2D eigenvalue weighted by Gasteiger charge is -2.11. The third-order valence-corrected chi connectivity index (χ3v) is 4.10. The molecule has 2 aromatic carbocycles. The minimum absolute atomic E-state index is 0.186. The van der Waals surface area contributed by atoms with Crippen LogP contribution in [-0.2, 0) is 6.54 Å². The molecule has 0 bridgehead atoms. The maximum Gasteiger partial charge on any atom is 0.231 e. The third-order valence-electron chi connectivity index (χ3n) is 2.97. The van der Waals surface area contributed by atoms with Gasteiger partial charge in [-0.15, -0.1) is 0 Å². The minimum Gasteiger partial charge on any atom is -0.507 e. The van der Waals surface area contributed by atoms with E-state index in [-0.39, 0.29) is 12.5 Å². The first-order valence-electron chi connectivity index (χ1n) is 5.94. The molecule has 20 heavy (non-hydrogen) atoms. The van der Waals surface area contributed by atoms with Gasteiger partial charge in [0.05, 0.1) is 0 Å². The quantitative estimate of drug-likeness (QED) is 0.761. The number of fused-ring (bicyclic) bond motifs is 1. The van der Waals surface area contributed by atoms with E-state index in [9.17, 15) is 5.11 Å². The van der Waals surface area contributed by atoms with E-state index in [0.717, 1.165) is 14.8 Å². The van der Waals surface area contributed by atoms with E-state index in [1.165, 1.54) is 0 Å². The molecular formula is C14H11ClINO3. The summed E-state index contributed by atoms with van der Waals surface area (Å²) in [4.78, 5) is 0. The number of anilines is 1. The van der Waals surface area contributed by atoms with Crippen molar-refractivity contribution in [2.24, 2.45) is 0 Å². The van der Waals surface area contributed by atoms with Crippen LogP contribution in [-0.4, -0.2) is 11.9 Å². The van der Waals surface area contributed by atoms with Gasteiger partial charge in [-0.2, -0.15) is 0 Å². The van der Waals surface area contributed by atoms with Gasteiger partial charge in [-0.05, 0) is 46.9 Å². The highest BCUT2D eigenvalue weighted by Crippen LogP contribution is 2.37. The van der Waals surface area contributed by atoms with Crippen molar-refractivity contribution < 1.29 is 14.6 Å². The summed E-state index contributed by atoms with van der Waals surface area (Å²) in [6.45, 7) is 0.681. The van der Waals surface area contributed by atoms with E-state index in [0.29, 0.717) is 23.1 Å². The number of nitrogens with one attached hydrogen (secondary N) is 1. The van der Waals surface area contributed by atoms with Gasteiger partial charge < -0.3 is 19.9 Å². The fourth-order valence-electron chi connectivity index (χ4n) is 1.94. The van der Waals surface area contributed by atoms with Crippen molar-refractivity contribution in [1.82, 2.24) is 0 Å². The molecule has 1 aliphatic rings. The Labute approximate surface area is 134 Å². The zero-order valence-electron chi connectivity index (χ0n) is 10.3. The van der Waals surface area contributed by atoms with E-state index in [1.807, 2.05) is 18.2 Å². The monoisotopic (exact) mass is 403 g/mol. The molecule has 0 saturated carbocycles. The molecular weight excluding hydrogens is 393 g/mol. The zero-order chi connectivity index (χ0) is 14.1. The topological polar surface area (TPSA) is 50.7 Å². The van der Waals surface area contributed by atoms with Gasteiger partial charge in [0.1, 0.15) is 5.75 Å². The molecule has 0 saturated heterocycles. The SMILES string of the molecule is Oc1cc2c(cc1CNc1ccc(Cl)cc1I)OCO2. The van der Waals surface area contributed by atoms with Crippen LogP contribution in [0.4, 0.5) is 5.69 Å². The molecule has 1 heterocycles. The number of halogens is 2. The summed E-state index contributed by atoms with van der Waals surface area (Å²) >= 11 is 8.13. The van der Waals surface area contributed by atoms with E-state index < -0.39 is 0 Å². The first kappa shape index (κ1) is 13.6. The molecule has 104 valence electrons. The highest BCUT2D eigenvalue weighted by molar-refractivity contribution is 14.1. The summed E-state index contributed by atoms with van der Waals surface area (Å²) in [6, 6.07) is 8.98. The predicted octanol–water partition coefficient (Wildman–Crippen LogP) is 3.99. The van der Waals surface area contributed by atoms with Crippen LogP contribution in [0.3, 0.4) is 0 Å². The number of rotatable bonds is 3. The van der Waals surface area contributed by atoms with E-state index >= 15 is 0 Å². The molecule has 2 N–H and O–H groups in total. The standard InChI is InChI=1S/C14H11ClINO3/c15-9-1-2-11(10(16)4-9)17-6-8-3-13-14(5-12(8)18)20-7-19-13/h1-5,17-18H,6-7H2. The minimum atomic E-state index is 0.186. The Morgan fingerprint density at radius 3 is 2.70 bits per heavy atom. The summed E-state index contributed by atoms with van der Waals surface area (Å²) < 4.78 is 11.5. The second kappa shape index (κ2) is 5.57. The molecule has 0 aromatic heterocycles. The number of ether oxygens (including phenoxy) is 2. The van der Waals surface area contributed by atoms with Crippen LogP contribution in [0.5, 0.6) is 17.2 Å². The van der Waals surface area contributed by atoms with E-state index in [2.05, 4.69) is 27.9 Å². The molecule has 4 nitrogen and oxygen atoms in total. The van der Waals surface area contributed by atoms with Crippen LogP contribution in [0.25, 0.3) is 0 Å². The molecule has 0 radical (unpaired) electrons. The average molecular weight is 404 g/mol. The fraction of sp³-hybridized carbons (Fsp3) is 0.143. The normalized spacial score (nSPS) is 12.5. The van der Waals surface area contributed by atoms with Crippen molar-refractivity contribution >= 4 is 39.9 Å². The molecule has 2 aromatic rings. The fourth-order valence-corrected chi connectivity index (χ4v) is 3.00. The van der Waals surface area contributed by atoms with Crippen LogP contribution in [0.15, 0.2) is 30.3 Å². The Morgan fingerprint density at radius 2 is 1.95 bits per heavy atom. The first-order valence-corrected chi connectivity index (χ1v) is 7.39. The second-order valence-electron chi connectivity index (χ2n) is 4.31. The molecule has 0 aliphatic carbocycles. The Balaban J connectivity index is 1.78. The molecule has 0 amide bonds. The summed E-state index contributed by atoms with van der Waals surface area (Å²) in [5.74, 6) is 1.42. The summed E-state index contributed by atoms with van der Waals surface area (Å²) in [6.07, 6.45) is 0. The number of aromatic hydroxyl groups is 1. The Morgan fingerprint density at radius 1 is 1.20 bits per heavy atom. The molecule has 0 atom stereocenters. The van der Waals surface area contributed by atoms with Crippen LogP contribution in [0.1, 0.15) is 5.56 Å². The molecule has 1 aliphatic heterocycles. The Kier molecular flexibility index (Phi) is 3.80. The predicted molar refractivity (Wildman–Crippen MR) is 85.7 cm³/mol. The Hall–Kier alpha value is -1.34. The summed E-state index contributed by atoms with van der Waals surface area (Å²) in [5.41, 5.74) is 1.71. The highest BCUT2D eigenvalue weighted by atomic mass is 127.